The van der Waals surface area contributed by atoms with Gasteiger partial charge in [0, 0.05) is 0 Å². The first kappa shape index (κ1) is 22.8. The Kier molecular flexibility index (Phi) is 11.1. The van der Waals surface area contributed by atoms with Gasteiger partial charge in [-0.15, -0.1) is 0 Å². The summed E-state index contributed by atoms with van der Waals surface area (Å²) in [4.78, 5) is 46.1. The molecule has 8 N–H and O–H groups in total. The average molecular weight is 359 g/mol. The van der Waals surface area contributed by atoms with Crippen LogP contribution in [0.2, 0.25) is 0 Å². The van der Waals surface area contributed by atoms with Gasteiger partial charge in [0.1, 0.15) is 12.6 Å². The lowest BCUT2D eigenvalue weighted by Gasteiger charge is -2.21. The van der Waals surface area contributed by atoms with Crippen LogP contribution in [-0.4, -0.2) is 60.5 Å². The monoisotopic (exact) mass is 359 g/mol. The fourth-order valence-corrected chi connectivity index (χ4v) is 1.97. The van der Waals surface area contributed by atoms with Crippen LogP contribution in [0.25, 0.3) is 0 Å². The summed E-state index contributed by atoms with van der Waals surface area (Å²) in [6.45, 7) is 3.08. The molecule has 0 rings (SSSR count). The van der Waals surface area contributed by atoms with Gasteiger partial charge in [0.2, 0.25) is 17.7 Å². The number of nitrogens with two attached hydrogens (primary N) is 2. The van der Waals surface area contributed by atoms with Gasteiger partial charge in [0.15, 0.2) is 0 Å². The highest BCUT2D eigenvalue weighted by Crippen LogP contribution is 2.02. The van der Waals surface area contributed by atoms with Crippen LogP contribution in [0, 0.1) is 5.92 Å². The van der Waals surface area contributed by atoms with Crippen molar-refractivity contribution in [3.63, 3.8) is 0 Å². The van der Waals surface area contributed by atoms with E-state index in [1.165, 1.54) is 0 Å². The summed E-state index contributed by atoms with van der Waals surface area (Å²) in [6, 6.07) is -1.62. The Bertz CT molecular complexity index is 469. The number of carboxylic acid groups (broad SMARTS) is 1. The van der Waals surface area contributed by atoms with Crippen molar-refractivity contribution in [3.05, 3.63) is 0 Å². The first-order valence-electron chi connectivity index (χ1n) is 8.21. The van der Waals surface area contributed by atoms with E-state index in [2.05, 4.69) is 16.0 Å². The van der Waals surface area contributed by atoms with Crippen molar-refractivity contribution in [2.75, 3.05) is 19.6 Å². The number of rotatable bonds is 12. The lowest BCUT2D eigenvalue weighted by Crippen LogP contribution is -2.53. The van der Waals surface area contributed by atoms with E-state index in [0.29, 0.717) is 13.0 Å². The van der Waals surface area contributed by atoms with Crippen LogP contribution in [-0.2, 0) is 19.2 Å². The Morgan fingerprint density at radius 1 is 1.00 bits per heavy atom. The summed E-state index contributed by atoms with van der Waals surface area (Å²) in [5, 5.41) is 15.7. The third-order valence-electron chi connectivity index (χ3n) is 3.41. The second-order valence-electron chi connectivity index (χ2n) is 6.01. The summed E-state index contributed by atoms with van der Waals surface area (Å²) in [6.07, 6.45) is 1.95. The third kappa shape index (κ3) is 10.3. The molecule has 25 heavy (non-hydrogen) atoms. The normalized spacial score (nSPS) is 13.0. The maximum Gasteiger partial charge on any atom is 0.322 e. The van der Waals surface area contributed by atoms with Gasteiger partial charge in [0.25, 0.3) is 0 Å². The molecule has 0 aliphatic heterocycles. The molecule has 10 nitrogen and oxygen atoms in total. The largest absolute Gasteiger partial charge is 0.480 e. The summed E-state index contributed by atoms with van der Waals surface area (Å²) in [5.74, 6) is -3.06. The molecule has 0 bridgehead atoms. The van der Waals surface area contributed by atoms with Gasteiger partial charge < -0.3 is 32.5 Å². The molecule has 0 heterocycles. The maximum absolute atomic E-state index is 11.9. The van der Waals surface area contributed by atoms with Crippen LogP contribution in [0.15, 0.2) is 0 Å². The number of carbonyl (C=O) groups is 4. The topological polar surface area (TPSA) is 177 Å². The number of aliphatic carboxylic acids is 1. The molecule has 0 aromatic carbocycles. The van der Waals surface area contributed by atoms with Crippen LogP contribution < -0.4 is 27.4 Å². The van der Waals surface area contributed by atoms with E-state index in [1.807, 2.05) is 0 Å². The lowest BCUT2D eigenvalue weighted by atomic mass is 10.0. The molecule has 0 saturated carbocycles. The van der Waals surface area contributed by atoms with Gasteiger partial charge in [-0.05, 0) is 25.3 Å². The molecule has 3 amide bonds. The molecule has 0 unspecified atom stereocenters. The molecular weight excluding hydrogens is 330 g/mol. The number of carbonyl (C=O) groups excluding carboxylic acids is 3. The van der Waals surface area contributed by atoms with Crippen molar-refractivity contribution in [2.45, 2.75) is 45.2 Å². The molecule has 0 spiro atoms. The summed E-state index contributed by atoms with van der Waals surface area (Å²) in [7, 11) is 0. The van der Waals surface area contributed by atoms with Crippen LogP contribution in [0.3, 0.4) is 0 Å². The van der Waals surface area contributed by atoms with Crippen LogP contribution in [0.1, 0.15) is 33.1 Å². The predicted octanol–water partition coefficient (Wildman–Crippen LogP) is -2.10. The van der Waals surface area contributed by atoms with Crippen molar-refractivity contribution in [3.8, 4) is 0 Å². The SMILES string of the molecule is CC(C)[C@H](NC(=O)CNC(=O)[C@@H](N)CCCCN)C(=O)NCC(=O)O. The minimum absolute atomic E-state index is 0.257. The Morgan fingerprint density at radius 2 is 1.60 bits per heavy atom. The molecular formula is C15H29N5O5. The number of unbranched alkanes of at least 4 members (excludes halogenated alkanes) is 1. The molecule has 0 aliphatic carbocycles. The summed E-state index contributed by atoms with van der Waals surface area (Å²) in [5.41, 5.74) is 11.1. The average Bonchev–Trinajstić information content (AvgIpc) is 2.55. The van der Waals surface area contributed by atoms with Crippen LogP contribution in [0.5, 0.6) is 0 Å². The zero-order valence-electron chi connectivity index (χ0n) is 14.7. The fourth-order valence-electron chi connectivity index (χ4n) is 1.97. The van der Waals surface area contributed by atoms with Crippen molar-refractivity contribution < 1.29 is 24.3 Å². The van der Waals surface area contributed by atoms with Crippen LogP contribution in [0.4, 0.5) is 0 Å². The van der Waals surface area contributed by atoms with E-state index in [9.17, 15) is 19.2 Å². The van der Waals surface area contributed by atoms with Gasteiger partial charge in [0.05, 0.1) is 12.6 Å². The van der Waals surface area contributed by atoms with Crippen molar-refractivity contribution in [1.29, 1.82) is 0 Å². The molecule has 0 aromatic rings. The van der Waals surface area contributed by atoms with Crippen molar-refractivity contribution in [2.24, 2.45) is 17.4 Å². The Labute approximate surface area is 147 Å². The standard InChI is InChI=1S/C15H29N5O5/c1-9(2)13(15(25)19-8-12(22)23)20-11(21)7-18-14(24)10(17)5-3-4-6-16/h9-10,13H,3-8,16-17H2,1-2H3,(H,18,24)(H,19,25)(H,20,21)(H,22,23)/t10-,13-/m0/s1. The smallest absolute Gasteiger partial charge is 0.322 e. The highest BCUT2D eigenvalue weighted by molar-refractivity contribution is 5.92. The maximum atomic E-state index is 11.9. The van der Waals surface area contributed by atoms with Gasteiger partial charge in [-0.1, -0.05) is 20.3 Å². The predicted molar refractivity (Wildman–Crippen MR) is 91.3 cm³/mol. The number of hydrogen-bond acceptors (Lipinski definition) is 6. The molecule has 0 saturated heterocycles. The Morgan fingerprint density at radius 3 is 2.12 bits per heavy atom. The van der Waals surface area contributed by atoms with Crippen LogP contribution >= 0.6 is 0 Å². The van der Waals surface area contributed by atoms with E-state index in [1.54, 1.807) is 13.8 Å². The molecule has 0 fully saturated rings. The number of amides is 3. The van der Waals surface area contributed by atoms with Crippen molar-refractivity contribution >= 4 is 23.7 Å². The highest BCUT2D eigenvalue weighted by atomic mass is 16.4. The van der Waals surface area contributed by atoms with E-state index in [-0.39, 0.29) is 12.5 Å². The first-order chi connectivity index (χ1) is 11.7. The minimum atomic E-state index is -1.18. The second kappa shape index (κ2) is 12.2. The summed E-state index contributed by atoms with van der Waals surface area (Å²) >= 11 is 0. The number of carboxylic acids is 1. The second-order valence-corrected chi connectivity index (χ2v) is 6.01. The van der Waals surface area contributed by atoms with E-state index in [4.69, 9.17) is 16.6 Å². The zero-order chi connectivity index (χ0) is 19.4. The molecule has 2 atom stereocenters. The molecule has 0 radical (unpaired) electrons. The number of nitrogens with one attached hydrogen (secondary N) is 3. The van der Waals surface area contributed by atoms with Gasteiger partial charge in [-0.3, -0.25) is 19.2 Å². The van der Waals surface area contributed by atoms with Gasteiger partial charge in [-0.2, -0.15) is 0 Å². The summed E-state index contributed by atoms with van der Waals surface area (Å²) < 4.78 is 0. The third-order valence-corrected chi connectivity index (χ3v) is 3.41. The van der Waals surface area contributed by atoms with Gasteiger partial charge in [-0.25, -0.2) is 0 Å². The highest BCUT2D eigenvalue weighted by Gasteiger charge is 2.24. The Balaban J connectivity index is 4.36. The fraction of sp³-hybridized carbons (Fsp3) is 0.733. The Hall–Kier alpha value is -2.20. The van der Waals surface area contributed by atoms with E-state index in [0.717, 1.165) is 12.8 Å². The zero-order valence-corrected chi connectivity index (χ0v) is 14.7. The molecule has 0 aromatic heterocycles. The lowest BCUT2D eigenvalue weighted by molar-refractivity contribution is -0.138. The minimum Gasteiger partial charge on any atom is -0.480 e. The molecule has 144 valence electrons. The molecule has 0 aliphatic rings. The quantitative estimate of drug-likeness (QED) is 0.216. The van der Waals surface area contributed by atoms with Gasteiger partial charge >= 0.3 is 5.97 Å². The number of hydrogen-bond donors (Lipinski definition) is 6. The molecule has 10 heteroatoms. The first-order valence-corrected chi connectivity index (χ1v) is 8.21. The van der Waals surface area contributed by atoms with E-state index >= 15 is 0 Å². The van der Waals surface area contributed by atoms with E-state index < -0.39 is 42.3 Å². The van der Waals surface area contributed by atoms with Crippen molar-refractivity contribution in [1.82, 2.24) is 16.0 Å².